The third-order valence-corrected chi connectivity index (χ3v) is 4.48. The summed E-state index contributed by atoms with van der Waals surface area (Å²) < 4.78 is 27.1. The Labute approximate surface area is 182 Å². The van der Waals surface area contributed by atoms with Crippen LogP contribution in [-0.4, -0.2) is 46.7 Å². The van der Waals surface area contributed by atoms with Crippen LogP contribution in [0.5, 0.6) is 28.7 Å². The molecule has 31 heavy (non-hydrogen) atoms. The summed E-state index contributed by atoms with van der Waals surface area (Å²) in [4.78, 5) is 18.2. The molecule has 1 atom stereocenters. The Balaban J connectivity index is 2.42. The van der Waals surface area contributed by atoms with Gasteiger partial charge in [-0.3, -0.25) is 0 Å². The lowest BCUT2D eigenvalue weighted by atomic mass is 10.1. The number of carbonyl (C=O) groups excluding carboxylic acids is 1. The first kappa shape index (κ1) is 23.9. The van der Waals surface area contributed by atoms with Gasteiger partial charge in [-0.1, -0.05) is 18.5 Å². The molecule has 168 valence electrons. The third kappa shape index (κ3) is 6.04. The summed E-state index contributed by atoms with van der Waals surface area (Å²) in [5, 5.41) is 4.05. The van der Waals surface area contributed by atoms with E-state index in [9.17, 15) is 4.79 Å². The minimum absolute atomic E-state index is 0.0381. The van der Waals surface area contributed by atoms with Crippen LogP contribution in [0.3, 0.4) is 0 Å². The van der Waals surface area contributed by atoms with E-state index in [1.54, 1.807) is 37.4 Å². The van der Waals surface area contributed by atoms with Crippen LogP contribution in [0.15, 0.2) is 35.5 Å². The number of rotatable bonds is 11. The zero-order valence-corrected chi connectivity index (χ0v) is 18.8. The highest BCUT2D eigenvalue weighted by atomic mass is 16.6. The van der Waals surface area contributed by atoms with E-state index < -0.39 is 5.97 Å². The molecule has 0 aromatic heterocycles. The summed E-state index contributed by atoms with van der Waals surface area (Å²) in [6, 6.07) is 8.15. The lowest BCUT2D eigenvalue weighted by molar-refractivity contribution is 0.0671. The van der Waals surface area contributed by atoms with Crippen molar-refractivity contribution in [3.63, 3.8) is 0 Å². The zero-order chi connectivity index (χ0) is 22.8. The molecule has 0 aliphatic rings. The van der Waals surface area contributed by atoms with Crippen molar-refractivity contribution in [3.05, 3.63) is 41.5 Å². The lowest BCUT2D eigenvalue weighted by Gasteiger charge is -2.18. The molecule has 2 rings (SSSR count). The van der Waals surface area contributed by atoms with Crippen molar-refractivity contribution in [2.24, 2.45) is 5.16 Å². The van der Waals surface area contributed by atoms with Crippen LogP contribution in [0.25, 0.3) is 0 Å². The van der Waals surface area contributed by atoms with Gasteiger partial charge in [0.25, 0.3) is 0 Å². The Morgan fingerprint density at radius 3 is 2.19 bits per heavy atom. The highest BCUT2D eigenvalue weighted by Crippen LogP contribution is 2.45. The molecule has 0 fully saturated rings. The van der Waals surface area contributed by atoms with Crippen LogP contribution in [-0.2, 0) is 4.84 Å². The Hall–Kier alpha value is -3.42. The van der Waals surface area contributed by atoms with E-state index in [2.05, 4.69) is 12.1 Å². The molecule has 0 bridgehead atoms. The molecule has 1 unspecified atom stereocenters. The average Bonchev–Trinajstić information content (AvgIpc) is 2.79. The third-order valence-electron chi connectivity index (χ3n) is 4.48. The molecular formula is C23H29NO7. The molecule has 8 heteroatoms. The van der Waals surface area contributed by atoms with Gasteiger partial charge in [0.15, 0.2) is 11.5 Å². The van der Waals surface area contributed by atoms with E-state index in [-0.39, 0.29) is 23.4 Å². The van der Waals surface area contributed by atoms with Gasteiger partial charge in [0.05, 0.1) is 45.8 Å². The summed E-state index contributed by atoms with van der Waals surface area (Å²) in [6.45, 7) is 4.01. The van der Waals surface area contributed by atoms with Gasteiger partial charge in [0.2, 0.25) is 5.75 Å². The van der Waals surface area contributed by atoms with Crippen molar-refractivity contribution in [2.45, 2.75) is 32.8 Å². The standard InChI is InChI=1S/C23H29NO7/c1-7-8-15(2)31-24-14-18-19(27-4)13-20(28-5)22(21(18)29-6)30-23(25)16-9-11-17(26-3)12-10-16/h9-15H,7-8H2,1-6H3/b24-14+. The number of oxime groups is 1. The van der Waals surface area contributed by atoms with Gasteiger partial charge in [0.1, 0.15) is 17.6 Å². The number of benzene rings is 2. The largest absolute Gasteiger partial charge is 0.497 e. The first-order valence-electron chi connectivity index (χ1n) is 9.87. The van der Waals surface area contributed by atoms with Gasteiger partial charge in [-0.05, 0) is 37.6 Å². The van der Waals surface area contributed by atoms with Gasteiger partial charge in [-0.2, -0.15) is 0 Å². The second-order valence-corrected chi connectivity index (χ2v) is 6.61. The van der Waals surface area contributed by atoms with E-state index in [4.69, 9.17) is 28.5 Å². The molecule has 0 spiro atoms. The van der Waals surface area contributed by atoms with Crippen molar-refractivity contribution in [3.8, 4) is 28.7 Å². The maximum Gasteiger partial charge on any atom is 0.343 e. The van der Waals surface area contributed by atoms with E-state index in [1.165, 1.54) is 27.5 Å². The van der Waals surface area contributed by atoms with Crippen LogP contribution in [0, 0.1) is 0 Å². The fraction of sp³-hybridized carbons (Fsp3) is 0.391. The molecule has 2 aromatic rings. The normalized spacial score (nSPS) is 11.7. The van der Waals surface area contributed by atoms with Crippen LogP contribution in [0.2, 0.25) is 0 Å². The smallest absolute Gasteiger partial charge is 0.343 e. The Kier molecular flexibility index (Phi) is 8.99. The molecular weight excluding hydrogens is 402 g/mol. The predicted octanol–water partition coefficient (Wildman–Crippen LogP) is 4.48. The summed E-state index contributed by atoms with van der Waals surface area (Å²) >= 11 is 0. The second kappa shape index (κ2) is 11.7. The second-order valence-electron chi connectivity index (χ2n) is 6.61. The Morgan fingerprint density at radius 1 is 0.968 bits per heavy atom. The van der Waals surface area contributed by atoms with E-state index >= 15 is 0 Å². The molecule has 0 radical (unpaired) electrons. The fourth-order valence-corrected chi connectivity index (χ4v) is 2.88. The molecule has 0 aliphatic heterocycles. The van der Waals surface area contributed by atoms with Crippen molar-refractivity contribution in [1.29, 1.82) is 0 Å². The molecule has 0 amide bonds. The van der Waals surface area contributed by atoms with E-state index in [0.717, 1.165) is 12.8 Å². The fourth-order valence-electron chi connectivity index (χ4n) is 2.88. The summed E-state index contributed by atoms with van der Waals surface area (Å²) in [5.74, 6) is 1.08. The van der Waals surface area contributed by atoms with Crippen molar-refractivity contribution in [2.75, 3.05) is 28.4 Å². The number of hydrogen-bond acceptors (Lipinski definition) is 8. The topological polar surface area (TPSA) is 84.8 Å². The average molecular weight is 431 g/mol. The molecule has 0 heterocycles. The minimum atomic E-state index is -0.583. The first-order valence-corrected chi connectivity index (χ1v) is 9.87. The van der Waals surface area contributed by atoms with Gasteiger partial charge >= 0.3 is 5.97 Å². The van der Waals surface area contributed by atoms with Crippen LogP contribution < -0.4 is 23.7 Å². The van der Waals surface area contributed by atoms with Crippen LogP contribution in [0.4, 0.5) is 0 Å². The summed E-state index contributed by atoms with van der Waals surface area (Å²) in [6.07, 6.45) is 3.29. The highest BCUT2D eigenvalue weighted by molar-refractivity contribution is 5.94. The number of nitrogens with zero attached hydrogens (tertiary/aromatic N) is 1. The van der Waals surface area contributed by atoms with E-state index in [1.807, 2.05) is 6.92 Å². The Bertz CT molecular complexity index is 894. The van der Waals surface area contributed by atoms with Gasteiger partial charge in [-0.15, -0.1) is 0 Å². The van der Waals surface area contributed by atoms with Crippen molar-refractivity contribution < 1.29 is 33.3 Å². The van der Waals surface area contributed by atoms with Crippen molar-refractivity contribution in [1.82, 2.24) is 0 Å². The monoisotopic (exact) mass is 431 g/mol. The lowest BCUT2D eigenvalue weighted by Crippen LogP contribution is -2.11. The van der Waals surface area contributed by atoms with E-state index in [0.29, 0.717) is 22.6 Å². The zero-order valence-electron chi connectivity index (χ0n) is 18.8. The quantitative estimate of drug-likeness (QED) is 0.224. The van der Waals surface area contributed by atoms with Crippen LogP contribution in [0.1, 0.15) is 42.6 Å². The molecule has 0 saturated heterocycles. The molecule has 0 aliphatic carbocycles. The summed E-state index contributed by atoms with van der Waals surface area (Å²) in [7, 11) is 5.98. The molecule has 8 nitrogen and oxygen atoms in total. The maximum absolute atomic E-state index is 12.7. The van der Waals surface area contributed by atoms with Gasteiger partial charge in [-0.25, -0.2) is 4.79 Å². The molecule has 0 N–H and O–H groups in total. The molecule has 2 aromatic carbocycles. The van der Waals surface area contributed by atoms with Gasteiger partial charge in [0, 0.05) is 6.07 Å². The first-order chi connectivity index (χ1) is 15.0. The number of carbonyl (C=O) groups is 1. The maximum atomic E-state index is 12.7. The number of esters is 1. The Morgan fingerprint density at radius 2 is 1.65 bits per heavy atom. The molecule has 0 saturated carbocycles. The number of ether oxygens (including phenoxy) is 5. The summed E-state index contributed by atoms with van der Waals surface area (Å²) in [5.41, 5.74) is 0.791. The number of methoxy groups -OCH3 is 4. The number of hydrogen-bond donors (Lipinski definition) is 0. The minimum Gasteiger partial charge on any atom is -0.497 e. The van der Waals surface area contributed by atoms with Crippen molar-refractivity contribution >= 4 is 12.2 Å². The predicted molar refractivity (Wildman–Crippen MR) is 117 cm³/mol. The van der Waals surface area contributed by atoms with Crippen LogP contribution >= 0.6 is 0 Å². The highest BCUT2D eigenvalue weighted by Gasteiger charge is 2.24. The van der Waals surface area contributed by atoms with Gasteiger partial charge < -0.3 is 28.5 Å². The SMILES string of the molecule is CCCC(C)O/N=C/c1c(OC)cc(OC)c(OC(=O)c2ccc(OC)cc2)c1OC.